The summed E-state index contributed by atoms with van der Waals surface area (Å²) in [5.41, 5.74) is 2.44. The third kappa shape index (κ3) is 5.17. The van der Waals surface area contributed by atoms with Crippen LogP contribution in [0.3, 0.4) is 0 Å². The fourth-order valence-corrected chi connectivity index (χ4v) is 4.55. The summed E-state index contributed by atoms with van der Waals surface area (Å²) in [4.78, 5) is 25.7. The van der Waals surface area contributed by atoms with E-state index in [0.29, 0.717) is 23.2 Å². The largest absolute Gasteiger partial charge is 0.485 e. The van der Waals surface area contributed by atoms with Crippen LogP contribution >= 0.6 is 11.8 Å². The van der Waals surface area contributed by atoms with Gasteiger partial charge in [-0.2, -0.15) is 0 Å². The summed E-state index contributed by atoms with van der Waals surface area (Å²) in [6, 6.07) is 17.1. The number of aryl methyl sites for hydroxylation is 1. The maximum absolute atomic E-state index is 13.0. The SMILES string of the molecule is CCn1c(COc2ccccc2C)nnc1SCC(=O)Nc1c(C)n(C)n(-c2ccccc2)c1=O. The van der Waals surface area contributed by atoms with Crippen molar-refractivity contribution in [2.45, 2.75) is 39.1 Å². The second-order valence-electron chi connectivity index (χ2n) is 7.97. The third-order valence-corrected chi connectivity index (χ3v) is 6.68. The lowest BCUT2D eigenvalue weighted by atomic mass is 10.2. The molecule has 1 N–H and O–H groups in total. The molecule has 10 heteroatoms. The number of carbonyl (C=O) groups excluding carboxylic acids is 1. The molecule has 0 saturated carbocycles. The first-order valence-electron chi connectivity index (χ1n) is 11.3. The zero-order valence-electron chi connectivity index (χ0n) is 20.2. The van der Waals surface area contributed by atoms with E-state index in [4.69, 9.17) is 4.74 Å². The molecule has 0 aliphatic carbocycles. The number of amides is 1. The molecule has 0 radical (unpaired) electrons. The molecule has 0 saturated heterocycles. The molecule has 0 aliphatic rings. The third-order valence-electron chi connectivity index (χ3n) is 5.71. The highest BCUT2D eigenvalue weighted by molar-refractivity contribution is 7.99. The average Bonchev–Trinajstić information content (AvgIpc) is 3.35. The van der Waals surface area contributed by atoms with Crippen molar-refractivity contribution in [3.05, 3.63) is 82.0 Å². The van der Waals surface area contributed by atoms with Gasteiger partial charge in [0.05, 0.1) is 17.1 Å². The summed E-state index contributed by atoms with van der Waals surface area (Å²) >= 11 is 1.27. The first-order chi connectivity index (χ1) is 16.9. The number of thioether (sulfide) groups is 1. The highest BCUT2D eigenvalue weighted by Crippen LogP contribution is 2.21. The molecule has 2 aromatic heterocycles. The van der Waals surface area contributed by atoms with Crippen molar-refractivity contribution in [2.75, 3.05) is 11.1 Å². The van der Waals surface area contributed by atoms with Crippen LogP contribution in [-0.2, 0) is 25.0 Å². The predicted molar refractivity (Wildman–Crippen MR) is 136 cm³/mol. The van der Waals surface area contributed by atoms with Gasteiger partial charge in [-0.3, -0.25) is 14.3 Å². The van der Waals surface area contributed by atoms with Gasteiger partial charge in [0.25, 0.3) is 5.56 Å². The van der Waals surface area contributed by atoms with Crippen LogP contribution < -0.4 is 15.6 Å². The van der Waals surface area contributed by atoms with Crippen LogP contribution in [0, 0.1) is 13.8 Å². The monoisotopic (exact) mass is 492 g/mol. The van der Waals surface area contributed by atoms with E-state index in [0.717, 1.165) is 17.0 Å². The molecule has 0 aliphatic heterocycles. The molecule has 0 bridgehead atoms. The van der Waals surface area contributed by atoms with Crippen LogP contribution in [0.4, 0.5) is 5.69 Å². The number of ether oxygens (including phenoxy) is 1. The Hall–Kier alpha value is -3.79. The summed E-state index contributed by atoms with van der Waals surface area (Å²) in [7, 11) is 1.79. The lowest BCUT2D eigenvalue weighted by molar-refractivity contribution is -0.113. The molecular weight excluding hydrogens is 464 g/mol. The number of carbonyl (C=O) groups is 1. The van der Waals surface area contributed by atoms with Crippen molar-refractivity contribution < 1.29 is 9.53 Å². The van der Waals surface area contributed by atoms with Gasteiger partial charge in [-0.25, -0.2) is 4.68 Å². The fourth-order valence-electron chi connectivity index (χ4n) is 3.73. The van der Waals surface area contributed by atoms with Gasteiger partial charge in [0.15, 0.2) is 11.0 Å². The molecule has 2 heterocycles. The van der Waals surface area contributed by atoms with Gasteiger partial charge >= 0.3 is 0 Å². The number of nitrogens with zero attached hydrogens (tertiary/aromatic N) is 5. The number of aromatic nitrogens is 5. The van der Waals surface area contributed by atoms with E-state index in [9.17, 15) is 9.59 Å². The van der Waals surface area contributed by atoms with Crippen molar-refractivity contribution >= 4 is 23.4 Å². The summed E-state index contributed by atoms with van der Waals surface area (Å²) in [5.74, 6) is 1.29. The van der Waals surface area contributed by atoms with Crippen LogP contribution in [-0.4, -0.2) is 35.8 Å². The number of rotatable bonds is 9. The van der Waals surface area contributed by atoms with Gasteiger partial charge in [-0.15, -0.1) is 10.2 Å². The highest BCUT2D eigenvalue weighted by atomic mass is 32.2. The predicted octanol–water partition coefficient (Wildman–Crippen LogP) is 3.71. The minimum atomic E-state index is -0.288. The van der Waals surface area contributed by atoms with E-state index in [1.54, 1.807) is 18.7 Å². The minimum Gasteiger partial charge on any atom is -0.485 e. The van der Waals surface area contributed by atoms with Crippen molar-refractivity contribution in [2.24, 2.45) is 7.05 Å². The Morgan fingerprint density at radius 1 is 1.06 bits per heavy atom. The lowest BCUT2D eigenvalue weighted by Gasteiger charge is -2.10. The Labute approximate surface area is 207 Å². The van der Waals surface area contributed by atoms with Gasteiger partial charge < -0.3 is 14.6 Å². The molecule has 0 fully saturated rings. The number of nitrogens with one attached hydrogen (secondary N) is 1. The van der Waals surface area contributed by atoms with E-state index < -0.39 is 0 Å². The van der Waals surface area contributed by atoms with Crippen LogP contribution in [0.15, 0.2) is 64.5 Å². The second kappa shape index (κ2) is 10.6. The minimum absolute atomic E-state index is 0.0931. The lowest BCUT2D eigenvalue weighted by Crippen LogP contribution is -2.23. The Bertz CT molecular complexity index is 1390. The van der Waals surface area contributed by atoms with E-state index >= 15 is 0 Å². The Morgan fingerprint density at radius 3 is 2.49 bits per heavy atom. The van der Waals surface area contributed by atoms with Gasteiger partial charge in [-0.1, -0.05) is 48.2 Å². The molecule has 182 valence electrons. The molecule has 2 aromatic carbocycles. The maximum atomic E-state index is 13.0. The van der Waals surface area contributed by atoms with Crippen LogP contribution in [0.1, 0.15) is 24.0 Å². The van der Waals surface area contributed by atoms with Crippen molar-refractivity contribution in [1.82, 2.24) is 24.1 Å². The average molecular weight is 493 g/mol. The number of benzene rings is 2. The van der Waals surface area contributed by atoms with E-state index in [1.165, 1.54) is 16.4 Å². The normalized spacial score (nSPS) is 11.0. The van der Waals surface area contributed by atoms with Gasteiger partial charge in [0, 0.05) is 13.6 Å². The van der Waals surface area contributed by atoms with Crippen LogP contribution in [0.5, 0.6) is 5.75 Å². The first-order valence-corrected chi connectivity index (χ1v) is 12.3. The van der Waals surface area contributed by atoms with Crippen molar-refractivity contribution in [3.8, 4) is 11.4 Å². The van der Waals surface area contributed by atoms with E-state index in [2.05, 4.69) is 15.5 Å². The quantitative estimate of drug-likeness (QED) is 0.358. The summed E-state index contributed by atoms with van der Waals surface area (Å²) < 4.78 is 11.1. The summed E-state index contributed by atoms with van der Waals surface area (Å²) in [6.07, 6.45) is 0. The van der Waals surface area contributed by atoms with Crippen LogP contribution in [0.2, 0.25) is 0 Å². The zero-order valence-corrected chi connectivity index (χ0v) is 21.0. The fraction of sp³-hybridized carbons (Fsp3) is 0.280. The molecule has 9 nitrogen and oxygen atoms in total. The molecular formula is C25H28N6O3S. The Balaban J connectivity index is 1.42. The molecule has 0 atom stereocenters. The van der Waals surface area contributed by atoms with Gasteiger partial charge in [-0.05, 0) is 44.5 Å². The molecule has 0 spiro atoms. The smallest absolute Gasteiger partial charge is 0.295 e. The summed E-state index contributed by atoms with van der Waals surface area (Å²) in [6.45, 7) is 6.70. The summed E-state index contributed by atoms with van der Waals surface area (Å²) in [5, 5.41) is 11.9. The Kier molecular flexibility index (Phi) is 7.40. The topological polar surface area (TPSA) is 96.0 Å². The first kappa shape index (κ1) is 24.3. The molecule has 4 rings (SSSR count). The van der Waals surface area contributed by atoms with E-state index in [-0.39, 0.29) is 29.5 Å². The van der Waals surface area contributed by atoms with Gasteiger partial charge in [0.2, 0.25) is 5.91 Å². The van der Waals surface area contributed by atoms with Gasteiger partial charge in [0.1, 0.15) is 18.0 Å². The highest BCUT2D eigenvalue weighted by Gasteiger charge is 2.19. The Morgan fingerprint density at radius 2 is 1.77 bits per heavy atom. The molecule has 35 heavy (non-hydrogen) atoms. The van der Waals surface area contributed by atoms with E-state index in [1.807, 2.05) is 73.0 Å². The molecule has 1 amide bonds. The number of hydrogen-bond acceptors (Lipinski definition) is 6. The van der Waals surface area contributed by atoms with Crippen LogP contribution in [0.25, 0.3) is 5.69 Å². The second-order valence-corrected chi connectivity index (χ2v) is 8.91. The number of hydrogen-bond donors (Lipinski definition) is 1. The van der Waals surface area contributed by atoms with Crippen molar-refractivity contribution in [3.63, 3.8) is 0 Å². The standard InChI is InChI=1S/C25H28N6O3S/c1-5-30-21(15-34-20-14-10-9-11-17(20)2)27-28-25(30)35-16-22(32)26-23-18(3)29(4)31(24(23)33)19-12-7-6-8-13-19/h6-14H,5,15-16H2,1-4H3,(H,26,32). The number of anilines is 1. The molecule has 0 unspecified atom stereocenters. The maximum Gasteiger partial charge on any atom is 0.295 e. The molecule has 4 aromatic rings. The number of para-hydroxylation sites is 2. The van der Waals surface area contributed by atoms with Crippen molar-refractivity contribution in [1.29, 1.82) is 0 Å². The zero-order chi connectivity index (χ0) is 24.9.